The van der Waals surface area contributed by atoms with E-state index >= 15 is 0 Å². The molecule has 1 aliphatic rings. The molecule has 1 heterocycles. The van der Waals surface area contributed by atoms with Gasteiger partial charge in [-0.15, -0.1) is 0 Å². The van der Waals surface area contributed by atoms with Crippen LogP contribution >= 0.6 is 0 Å². The zero-order chi connectivity index (χ0) is 11.3. The van der Waals surface area contributed by atoms with Gasteiger partial charge in [0.2, 0.25) is 5.91 Å². The molecule has 2 N–H and O–H groups in total. The van der Waals surface area contributed by atoms with E-state index in [-0.39, 0.29) is 18.5 Å². The summed E-state index contributed by atoms with van der Waals surface area (Å²) < 4.78 is 0. The van der Waals surface area contributed by atoms with Crippen molar-refractivity contribution in [3.8, 4) is 0 Å². The molecule has 0 aromatic heterocycles. The second-order valence-electron chi connectivity index (χ2n) is 3.95. The summed E-state index contributed by atoms with van der Waals surface area (Å²) in [6, 6.07) is 0.179. The molecule has 0 radical (unpaired) electrons. The van der Waals surface area contributed by atoms with Gasteiger partial charge in [0.25, 0.3) is 0 Å². The third-order valence-electron chi connectivity index (χ3n) is 2.67. The largest absolute Gasteiger partial charge is 0.480 e. The van der Waals surface area contributed by atoms with E-state index in [1.807, 2.05) is 4.90 Å². The van der Waals surface area contributed by atoms with Gasteiger partial charge >= 0.3 is 5.97 Å². The predicted molar refractivity (Wildman–Crippen MR) is 55.5 cm³/mol. The Hall–Kier alpha value is -1.10. The molecular weight excluding hydrogens is 196 g/mol. The minimum absolute atomic E-state index is 0.0594. The summed E-state index contributed by atoms with van der Waals surface area (Å²) in [5.74, 6) is -0.861. The van der Waals surface area contributed by atoms with Crippen LogP contribution in [0.3, 0.4) is 0 Å². The summed E-state index contributed by atoms with van der Waals surface area (Å²) in [5.41, 5.74) is 0. The van der Waals surface area contributed by atoms with Crippen LogP contribution in [0.2, 0.25) is 0 Å². The average Bonchev–Trinajstić information content (AvgIpc) is 2.15. The minimum Gasteiger partial charge on any atom is -0.480 e. The molecule has 0 aromatic rings. The first-order valence-corrected chi connectivity index (χ1v) is 5.30. The Bertz CT molecular complexity index is 243. The van der Waals surface area contributed by atoms with Gasteiger partial charge < -0.3 is 10.4 Å². The molecule has 1 fully saturated rings. The van der Waals surface area contributed by atoms with E-state index in [1.54, 1.807) is 0 Å². The molecule has 0 spiro atoms. The number of hydrogen-bond acceptors (Lipinski definition) is 3. The highest BCUT2D eigenvalue weighted by atomic mass is 16.4. The summed E-state index contributed by atoms with van der Waals surface area (Å²) in [4.78, 5) is 23.3. The maximum atomic E-state index is 10.8. The lowest BCUT2D eigenvalue weighted by Crippen LogP contribution is -2.48. The summed E-state index contributed by atoms with van der Waals surface area (Å²) in [6.45, 7) is 2.92. The van der Waals surface area contributed by atoms with E-state index < -0.39 is 5.97 Å². The van der Waals surface area contributed by atoms with Crippen molar-refractivity contribution in [2.45, 2.75) is 32.2 Å². The van der Waals surface area contributed by atoms with Crippen molar-refractivity contribution >= 4 is 11.9 Å². The van der Waals surface area contributed by atoms with Gasteiger partial charge in [-0.1, -0.05) is 6.42 Å². The highest BCUT2D eigenvalue weighted by molar-refractivity contribution is 5.72. The number of carboxylic acid groups (broad SMARTS) is 1. The topological polar surface area (TPSA) is 69.6 Å². The van der Waals surface area contributed by atoms with Crippen LogP contribution in [0.4, 0.5) is 0 Å². The molecular formula is C10H18N2O3. The predicted octanol–water partition coefficient (Wildman–Crippen LogP) is 0.0616. The first-order chi connectivity index (χ1) is 7.09. The van der Waals surface area contributed by atoms with Crippen LogP contribution < -0.4 is 5.32 Å². The van der Waals surface area contributed by atoms with Crippen molar-refractivity contribution in [1.29, 1.82) is 0 Å². The quantitative estimate of drug-likeness (QED) is 0.694. The maximum Gasteiger partial charge on any atom is 0.317 e. The van der Waals surface area contributed by atoms with Gasteiger partial charge in [-0.2, -0.15) is 0 Å². The van der Waals surface area contributed by atoms with E-state index in [2.05, 4.69) is 5.32 Å². The molecule has 1 amide bonds. The minimum atomic E-state index is -0.801. The molecule has 0 unspecified atom stereocenters. The number of amides is 1. The van der Waals surface area contributed by atoms with Crippen molar-refractivity contribution in [3.63, 3.8) is 0 Å². The number of piperidine rings is 1. The average molecular weight is 214 g/mol. The number of aliphatic carboxylic acids is 1. The van der Waals surface area contributed by atoms with Crippen LogP contribution in [0, 0.1) is 0 Å². The second-order valence-corrected chi connectivity index (χ2v) is 3.95. The number of nitrogens with one attached hydrogen (secondary N) is 1. The first-order valence-electron chi connectivity index (χ1n) is 5.30. The fraction of sp³-hybridized carbons (Fsp3) is 0.800. The van der Waals surface area contributed by atoms with Gasteiger partial charge in [0, 0.05) is 19.5 Å². The number of carbonyl (C=O) groups is 2. The third kappa shape index (κ3) is 4.29. The fourth-order valence-electron chi connectivity index (χ4n) is 1.93. The van der Waals surface area contributed by atoms with Crippen molar-refractivity contribution in [2.24, 2.45) is 0 Å². The molecule has 1 saturated heterocycles. The van der Waals surface area contributed by atoms with Crippen molar-refractivity contribution in [1.82, 2.24) is 10.2 Å². The lowest BCUT2D eigenvalue weighted by molar-refractivity contribution is -0.139. The maximum absolute atomic E-state index is 10.8. The molecule has 15 heavy (non-hydrogen) atoms. The number of nitrogens with zero attached hydrogens (tertiary/aromatic N) is 1. The normalized spacial score (nSPS) is 22.3. The highest BCUT2D eigenvalue weighted by Gasteiger charge is 2.23. The van der Waals surface area contributed by atoms with Gasteiger partial charge in [-0.25, -0.2) is 0 Å². The Balaban J connectivity index is 2.42. The Morgan fingerprint density at radius 1 is 1.47 bits per heavy atom. The smallest absolute Gasteiger partial charge is 0.317 e. The Morgan fingerprint density at radius 2 is 2.20 bits per heavy atom. The molecule has 1 rings (SSSR count). The molecule has 1 aliphatic heterocycles. The lowest BCUT2D eigenvalue weighted by Gasteiger charge is -2.34. The Kier molecular flexibility index (Phi) is 4.55. The number of carbonyl (C=O) groups excluding carboxylic acids is 1. The number of carboxylic acids is 1. The van der Waals surface area contributed by atoms with Crippen LogP contribution in [0.5, 0.6) is 0 Å². The SMILES string of the molecule is CC(=O)NC[C@H]1CCCCN1CC(=O)O. The molecule has 5 nitrogen and oxygen atoms in total. The Labute approximate surface area is 89.4 Å². The Morgan fingerprint density at radius 3 is 2.80 bits per heavy atom. The summed E-state index contributed by atoms with van der Waals surface area (Å²) in [5, 5.41) is 11.5. The van der Waals surface area contributed by atoms with Crippen LogP contribution in [-0.4, -0.2) is 47.6 Å². The van der Waals surface area contributed by atoms with Crippen LogP contribution in [0.1, 0.15) is 26.2 Å². The van der Waals surface area contributed by atoms with E-state index in [4.69, 9.17) is 5.11 Å². The molecule has 0 bridgehead atoms. The molecule has 1 atom stereocenters. The van der Waals surface area contributed by atoms with Crippen LogP contribution in [0.15, 0.2) is 0 Å². The van der Waals surface area contributed by atoms with E-state index in [9.17, 15) is 9.59 Å². The molecule has 0 aliphatic carbocycles. The standard InChI is InChI=1S/C10H18N2O3/c1-8(13)11-6-9-4-2-3-5-12(9)7-10(14)15/h9H,2-7H2,1H3,(H,11,13)(H,14,15)/t9-/m1/s1. The van der Waals surface area contributed by atoms with Gasteiger partial charge in [0.05, 0.1) is 6.54 Å². The van der Waals surface area contributed by atoms with Crippen molar-refractivity contribution < 1.29 is 14.7 Å². The fourth-order valence-corrected chi connectivity index (χ4v) is 1.93. The monoisotopic (exact) mass is 214 g/mol. The van der Waals surface area contributed by atoms with Crippen molar-refractivity contribution in [3.05, 3.63) is 0 Å². The van der Waals surface area contributed by atoms with Crippen molar-refractivity contribution in [2.75, 3.05) is 19.6 Å². The second kappa shape index (κ2) is 5.70. The van der Waals surface area contributed by atoms with Crippen LogP contribution in [-0.2, 0) is 9.59 Å². The van der Waals surface area contributed by atoms with Gasteiger partial charge in [-0.05, 0) is 19.4 Å². The number of hydrogen-bond donors (Lipinski definition) is 2. The summed E-state index contributed by atoms with van der Waals surface area (Å²) in [6.07, 6.45) is 3.12. The lowest BCUT2D eigenvalue weighted by atomic mass is 10.0. The van der Waals surface area contributed by atoms with E-state index in [1.165, 1.54) is 6.92 Å². The highest BCUT2D eigenvalue weighted by Crippen LogP contribution is 2.15. The van der Waals surface area contributed by atoms with Gasteiger partial charge in [-0.3, -0.25) is 14.5 Å². The van der Waals surface area contributed by atoms with Gasteiger partial charge in [0.15, 0.2) is 0 Å². The zero-order valence-corrected chi connectivity index (χ0v) is 9.03. The third-order valence-corrected chi connectivity index (χ3v) is 2.67. The molecule has 86 valence electrons. The zero-order valence-electron chi connectivity index (χ0n) is 9.03. The van der Waals surface area contributed by atoms with E-state index in [0.29, 0.717) is 6.54 Å². The summed E-state index contributed by atoms with van der Waals surface area (Å²) >= 11 is 0. The van der Waals surface area contributed by atoms with Gasteiger partial charge in [0.1, 0.15) is 0 Å². The summed E-state index contributed by atoms with van der Waals surface area (Å²) in [7, 11) is 0. The molecule has 5 heteroatoms. The molecule has 0 saturated carbocycles. The van der Waals surface area contributed by atoms with Crippen LogP contribution in [0.25, 0.3) is 0 Å². The first kappa shape index (κ1) is 12.0. The number of rotatable bonds is 4. The van der Waals surface area contributed by atoms with E-state index in [0.717, 1.165) is 25.8 Å². The number of likely N-dealkylation sites (tertiary alicyclic amines) is 1. The molecule has 0 aromatic carbocycles.